The summed E-state index contributed by atoms with van der Waals surface area (Å²) in [6.07, 6.45) is 6.72. The van der Waals surface area contributed by atoms with E-state index in [1.165, 1.54) is 6.42 Å². The lowest BCUT2D eigenvalue weighted by Crippen LogP contribution is -2.37. The first kappa shape index (κ1) is 23.1. The molecule has 1 amide bonds. The minimum atomic E-state index is -0.766. The van der Waals surface area contributed by atoms with Gasteiger partial charge in [-0.15, -0.1) is 0 Å². The van der Waals surface area contributed by atoms with Crippen molar-refractivity contribution in [2.45, 2.75) is 31.9 Å². The van der Waals surface area contributed by atoms with Gasteiger partial charge in [0.2, 0.25) is 0 Å². The van der Waals surface area contributed by atoms with E-state index >= 15 is 0 Å². The van der Waals surface area contributed by atoms with Crippen molar-refractivity contribution in [2.75, 3.05) is 24.6 Å². The van der Waals surface area contributed by atoms with Gasteiger partial charge in [-0.25, -0.2) is 4.98 Å². The second-order valence-electron chi connectivity index (χ2n) is 9.83. The predicted octanol–water partition coefficient (Wildman–Crippen LogP) is 4.14. The average molecular weight is 491 g/mol. The summed E-state index contributed by atoms with van der Waals surface area (Å²) in [6, 6.07) is 15.8. The van der Waals surface area contributed by atoms with Gasteiger partial charge in [-0.3, -0.25) is 14.8 Å². The lowest BCUT2D eigenvalue weighted by molar-refractivity contribution is 0.0757. The Morgan fingerprint density at radius 1 is 1.16 bits per heavy atom. The minimum Gasteiger partial charge on any atom is -0.375 e. The highest BCUT2D eigenvalue weighted by Crippen LogP contribution is 2.32. The quantitative estimate of drug-likeness (QED) is 0.448. The first-order chi connectivity index (χ1) is 18.0. The standard InChI is InChI=1S/C29H26N6O2/c1-29(17-30)18-37-16-21-4-3-19(10-25(21)29)28(36)33-14-23-11-27-20(13-32-23)5-6-26(34-27)22-9-24(15-31-12-22)35-7-2-8-35/h3-6,9-13,15H,2,7-8,14,16,18H2,1H3,(H,33,36)/t29-/m1/s1. The lowest BCUT2D eigenvalue weighted by atomic mass is 9.79. The highest BCUT2D eigenvalue weighted by Gasteiger charge is 2.33. The van der Waals surface area contributed by atoms with Crippen molar-refractivity contribution in [3.8, 4) is 17.3 Å². The van der Waals surface area contributed by atoms with E-state index in [1.54, 1.807) is 18.3 Å². The topological polar surface area (TPSA) is 104 Å². The fourth-order valence-electron chi connectivity index (χ4n) is 4.80. The third-order valence-electron chi connectivity index (χ3n) is 7.16. The van der Waals surface area contributed by atoms with Crippen LogP contribution in [0, 0.1) is 11.3 Å². The molecular weight excluding hydrogens is 464 g/mol. The van der Waals surface area contributed by atoms with Gasteiger partial charge < -0.3 is 15.0 Å². The minimum absolute atomic E-state index is 0.216. The number of nitriles is 1. The van der Waals surface area contributed by atoms with Gasteiger partial charge in [0.15, 0.2) is 0 Å². The Bertz CT molecular complexity index is 1560. The molecule has 8 nitrogen and oxygen atoms in total. The number of hydrogen-bond acceptors (Lipinski definition) is 7. The van der Waals surface area contributed by atoms with E-state index in [9.17, 15) is 10.1 Å². The van der Waals surface area contributed by atoms with Gasteiger partial charge in [-0.2, -0.15) is 5.26 Å². The van der Waals surface area contributed by atoms with Crippen molar-refractivity contribution >= 4 is 22.5 Å². The number of fused-ring (bicyclic) bond motifs is 2. The number of nitrogens with zero attached hydrogens (tertiary/aromatic N) is 5. The Morgan fingerprint density at radius 2 is 2.05 bits per heavy atom. The van der Waals surface area contributed by atoms with Crippen molar-refractivity contribution in [2.24, 2.45) is 0 Å². The molecule has 0 bridgehead atoms. The number of ether oxygens (including phenoxy) is 1. The average Bonchev–Trinajstić information content (AvgIpc) is 2.90. The number of rotatable bonds is 5. The zero-order chi connectivity index (χ0) is 25.4. The Balaban J connectivity index is 1.20. The summed E-state index contributed by atoms with van der Waals surface area (Å²) < 4.78 is 5.56. The molecular formula is C29H26N6O2. The molecule has 1 N–H and O–H groups in total. The number of nitrogens with one attached hydrogen (secondary N) is 1. The number of pyridine rings is 3. The third kappa shape index (κ3) is 4.39. The molecule has 0 radical (unpaired) electrons. The second-order valence-corrected chi connectivity index (χ2v) is 9.83. The third-order valence-corrected chi connectivity index (χ3v) is 7.16. The van der Waals surface area contributed by atoms with Crippen LogP contribution in [0.5, 0.6) is 0 Å². The van der Waals surface area contributed by atoms with Crippen LogP contribution < -0.4 is 10.2 Å². The normalized spacial score (nSPS) is 18.5. The molecule has 1 saturated heterocycles. The van der Waals surface area contributed by atoms with E-state index in [-0.39, 0.29) is 12.5 Å². The Labute approximate surface area is 215 Å². The van der Waals surface area contributed by atoms with Crippen LogP contribution in [0.15, 0.2) is 61.1 Å². The summed E-state index contributed by atoms with van der Waals surface area (Å²) in [6.45, 7) is 5.00. The molecule has 184 valence electrons. The van der Waals surface area contributed by atoms with Crippen LogP contribution in [0.1, 0.15) is 40.5 Å². The molecule has 37 heavy (non-hydrogen) atoms. The molecule has 8 heteroatoms. The maximum absolute atomic E-state index is 12.9. The van der Waals surface area contributed by atoms with Crippen LogP contribution in [0.4, 0.5) is 5.69 Å². The van der Waals surface area contributed by atoms with Gasteiger partial charge in [0.25, 0.3) is 5.91 Å². The molecule has 1 fully saturated rings. The van der Waals surface area contributed by atoms with Crippen LogP contribution in [-0.2, 0) is 23.3 Å². The zero-order valence-corrected chi connectivity index (χ0v) is 20.6. The molecule has 3 aromatic heterocycles. The van der Waals surface area contributed by atoms with Crippen molar-refractivity contribution in [3.05, 3.63) is 83.4 Å². The van der Waals surface area contributed by atoms with Gasteiger partial charge in [0.05, 0.1) is 54.6 Å². The van der Waals surface area contributed by atoms with Crippen LogP contribution in [0.2, 0.25) is 0 Å². The number of aromatic nitrogens is 3. The number of anilines is 1. The number of amides is 1. The van der Waals surface area contributed by atoms with E-state index in [0.29, 0.717) is 24.5 Å². The smallest absolute Gasteiger partial charge is 0.251 e. The second kappa shape index (κ2) is 9.26. The first-order valence-electron chi connectivity index (χ1n) is 12.4. The Hall–Kier alpha value is -4.35. The molecule has 2 aliphatic rings. The number of carbonyl (C=O) groups excluding carboxylic acids is 1. The lowest BCUT2D eigenvalue weighted by Gasteiger charge is -2.33. The highest BCUT2D eigenvalue weighted by molar-refractivity contribution is 5.94. The van der Waals surface area contributed by atoms with Crippen LogP contribution in [0.25, 0.3) is 22.2 Å². The van der Waals surface area contributed by atoms with Gasteiger partial charge in [0.1, 0.15) is 5.41 Å². The molecule has 1 atom stereocenters. The predicted molar refractivity (Wildman–Crippen MR) is 140 cm³/mol. The summed E-state index contributed by atoms with van der Waals surface area (Å²) in [4.78, 5) is 29.0. The molecule has 6 rings (SSSR count). The highest BCUT2D eigenvalue weighted by atomic mass is 16.5. The SMILES string of the molecule is C[C@@]1(C#N)COCc2ccc(C(=O)NCc3cc4nc(-c5cncc(N6CCC6)c5)ccc4cn3)cc21. The Morgan fingerprint density at radius 3 is 2.86 bits per heavy atom. The molecule has 2 aliphatic heterocycles. The number of hydrogen-bond donors (Lipinski definition) is 1. The largest absolute Gasteiger partial charge is 0.375 e. The number of benzene rings is 1. The van der Waals surface area contributed by atoms with Crippen molar-refractivity contribution < 1.29 is 9.53 Å². The summed E-state index contributed by atoms with van der Waals surface area (Å²) >= 11 is 0. The monoisotopic (exact) mass is 490 g/mol. The van der Waals surface area contributed by atoms with E-state index in [2.05, 4.69) is 32.3 Å². The zero-order valence-electron chi connectivity index (χ0n) is 20.6. The number of carbonyl (C=O) groups is 1. The molecule has 0 spiro atoms. The Kier molecular flexibility index (Phi) is 5.78. The van der Waals surface area contributed by atoms with E-state index < -0.39 is 5.41 Å². The van der Waals surface area contributed by atoms with Crippen molar-refractivity contribution in [1.29, 1.82) is 5.26 Å². The molecule has 5 heterocycles. The van der Waals surface area contributed by atoms with Crippen LogP contribution in [0.3, 0.4) is 0 Å². The van der Waals surface area contributed by atoms with E-state index in [4.69, 9.17) is 9.72 Å². The maximum Gasteiger partial charge on any atom is 0.251 e. The fourth-order valence-corrected chi connectivity index (χ4v) is 4.80. The first-order valence-corrected chi connectivity index (χ1v) is 12.4. The summed E-state index contributed by atoms with van der Waals surface area (Å²) in [5.74, 6) is -0.216. The summed E-state index contributed by atoms with van der Waals surface area (Å²) in [5, 5.41) is 13.5. The fraction of sp³-hybridized carbons (Fsp3) is 0.276. The summed E-state index contributed by atoms with van der Waals surface area (Å²) in [5.41, 5.74) is 6.00. The molecule has 1 aromatic carbocycles. The van der Waals surface area contributed by atoms with Crippen molar-refractivity contribution in [3.63, 3.8) is 0 Å². The van der Waals surface area contributed by atoms with Gasteiger partial charge >= 0.3 is 0 Å². The molecule has 0 aliphatic carbocycles. The maximum atomic E-state index is 12.9. The van der Waals surface area contributed by atoms with E-state index in [0.717, 1.165) is 52.1 Å². The van der Waals surface area contributed by atoms with Crippen LogP contribution >= 0.6 is 0 Å². The summed E-state index contributed by atoms with van der Waals surface area (Å²) in [7, 11) is 0. The molecule has 4 aromatic rings. The van der Waals surface area contributed by atoms with Gasteiger partial charge in [0, 0.05) is 42.0 Å². The van der Waals surface area contributed by atoms with Gasteiger partial charge in [-0.1, -0.05) is 6.07 Å². The van der Waals surface area contributed by atoms with Gasteiger partial charge in [-0.05, 0) is 60.9 Å². The van der Waals surface area contributed by atoms with E-state index in [1.807, 2.05) is 43.6 Å². The van der Waals surface area contributed by atoms with Crippen LogP contribution in [-0.4, -0.2) is 40.6 Å². The van der Waals surface area contributed by atoms with Crippen molar-refractivity contribution in [1.82, 2.24) is 20.3 Å². The molecule has 0 unspecified atom stereocenters. The molecule has 0 saturated carbocycles.